The van der Waals surface area contributed by atoms with Crippen LogP contribution in [0.2, 0.25) is 10.0 Å². The first-order valence-corrected chi connectivity index (χ1v) is 6.65. The number of aryl methyl sites for hydroxylation is 1. The van der Waals surface area contributed by atoms with Crippen molar-refractivity contribution in [1.29, 1.82) is 0 Å². The summed E-state index contributed by atoms with van der Waals surface area (Å²) in [5, 5.41) is 11.7. The van der Waals surface area contributed by atoms with Gasteiger partial charge in [-0.25, -0.2) is 0 Å². The zero-order valence-electron chi connectivity index (χ0n) is 10.4. The van der Waals surface area contributed by atoms with E-state index < -0.39 is 0 Å². The Morgan fingerprint density at radius 2 is 1.95 bits per heavy atom. The number of anilines is 2. The molecule has 0 unspecified atom stereocenters. The minimum Gasteiger partial charge on any atom is -0.331 e. The van der Waals surface area contributed by atoms with Crippen molar-refractivity contribution in [2.75, 3.05) is 10.6 Å². The van der Waals surface area contributed by atoms with Gasteiger partial charge in [-0.3, -0.25) is 4.68 Å². The van der Waals surface area contributed by atoms with Crippen LogP contribution < -0.4 is 10.6 Å². The topological polar surface area (TPSA) is 41.9 Å². The first-order valence-electron chi connectivity index (χ1n) is 5.49. The summed E-state index contributed by atoms with van der Waals surface area (Å²) in [6.07, 6.45) is 1.72. The van der Waals surface area contributed by atoms with Gasteiger partial charge in [0, 0.05) is 12.1 Å². The number of nitrogens with one attached hydrogen (secondary N) is 2. The highest BCUT2D eigenvalue weighted by Crippen LogP contribution is 2.25. The molecule has 1 heterocycles. The largest absolute Gasteiger partial charge is 0.331 e. The minimum atomic E-state index is 0.445. The Bertz CT molecular complexity index is 624. The maximum atomic E-state index is 6.06. The number of nitrogens with zero attached hydrogens (tertiary/aromatic N) is 2. The van der Waals surface area contributed by atoms with E-state index in [-0.39, 0.29) is 0 Å². The lowest BCUT2D eigenvalue weighted by Crippen LogP contribution is -2.19. The maximum absolute atomic E-state index is 6.06. The fourth-order valence-corrected chi connectivity index (χ4v) is 2.16. The van der Waals surface area contributed by atoms with E-state index in [0.29, 0.717) is 20.8 Å². The number of benzene rings is 1. The van der Waals surface area contributed by atoms with Crippen LogP contribution in [0, 0.1) is 6.92 Å². The van der Waals surface area contributed by atoms with Crippen LogP contribution in [0.25, 0.3) is 0 Å². The Morgan fingerprint density at radius 1 is 1.26 bits per heavy atom. The van der Waals surface area contributed by atoms with E-state index in [4.69, 9.17) is 35.4 Å². The van der Waals surface area contributed by atoms with Crippen LogP contribution in [0.15, 0.2) is 24.4 Å². The second-order valence-corrected chi connectivity index (χ2v) is 5.22. The Morgan fingerprint density at radius 3 is 2.53 bits per heavy atom. The SMILES string of the molecule is Cc1c(NC(=S)Nc2ccc(Cl)cc2Cl)cnn1C. The Kier molecular flexibility index (Phi) is 4.29. The quantitative estimate of drug-likeness (QED) is 0.826. The summed E-state index contributed by atoms with van der Waals surface area (Å²) in [6.45, 7) is 1.95. The standard InChI is InChI=1S/C12H12Cl2N4S/c1-7-11(6-15-18(7)2)17-12(19)16-10-4-3-8(13)5-9(10)14/h3-6H,1-2H3,(H2,16,17,19). The van der Waals surface area contributed by atoms with E-state index in [9.17, 15) is 0 Å². The molecule has 1 aromatic carbocycles. The summed E-state index contributed by atoms with van der Waals surface area (Å²) in [4.78, 5) is 0. The molecule has 100 valence electrons. The molecule has 2 N–H and O–H groups in total. The summed E-state index contributed by atoms with van der Waals surface area (Å²) >= 11 is 17.1. The molecule has 0 aliphatic rings. The van der Waals surface area contributed by atoms with Crippen LogP contribution in [0.1, 0.15) is 5.69 Å². The predicted molar refractivity (Wildman–Crippen MR) is 84.3 cm³/mol. The molecule has 2 rings (SSSR count). The van der Waals surface area contributed by atoms with Gasteiger partial charge in [-0.05, 0) is 37.3 Å². The second kappa shape index (κ2) is 5.77. The van der Waals surface area contributed by atoms with Crippen LogP contribution in [-0.2, 0) is 7.05 Å². The molecule has 2 aromatic rings. The molecule has 0 amide bonds. The molecule has 0 fully saturated rings. The molecule has 19 heavy (non-hydrogen) atoms. The molecule has 7 heteroatoms. The summed E-state index contributed by atoms with van der Waals surface area (Å²) in [6, 6.07) is 5.17. The van der Waals surface area contributed by atoms with Gasteiger partial charge in [-0.1, -0.05) is 23.2 Å². The lowest BCUT2D eigenvalue weighted by Gasteiger charge is -2.11. The van der Waals surface area contributed by atoms with Crippen LogP contribution >= 0.6 is 35.4 Å². The lowest BCUT2D eigenvalue weighted by atomic mass is 10.3. The number of hydrogen-bond donors (Lipinski definition) is 2. The minimum absolute atomic E-state index is 0.445. The van der Waals surface area contributed by atoms with Gasteiger partial charge in [0.05, 0.1) is 28.3 Å². The highest BCUT2D eigenvalue weighted by molar-refractivity contribution is 7.80. The van der Waals surface area contributed by atoms with Crippen molar-refractivity contribution in [3.05, 3.63) is 40.1 Å². The number of hydrogen-bond acceptors (Lipinski definition) is 2. The van der Waals surface area contributed by atoms with Gasteiger partial charge in [0.15, 0.2) is 5.11 Å². The van der Waals surface area contributed by atoms with Gasteiger partial charge in [-0.15, -0.1) is 0 Å². The number of thiocarbonyl (C=S) groups is 1. The molecule has 0 aliphatic heterocycles. The molecule has 0 saturated carbocycles. The third kappa shape index (κ3) is 3.37. The summed E-state index contributed by atoms with van der Waals surface area (Å²) < 4.78 is 1.76. The van der Waals surface area contributed by atoms with E-state index in [0.717, 1.165) is 11.4 Å². The summed E-state index contributed by atoms with van der Waals surface area (Å²) in [7, 11) is 1.87. The molecular weight excluding hydrogens is 303 g/mol. The zero-order valence-corrected chi connectivity index (χ0v) is 12.7. The molecule has 0 bridgehead atoms. The number of aromatic nitrogens is 2. The van der Waals surface area contributed by atoms with Crippen molar-refractivity contribution < 1.29 is 0 Å². The first-order chi connectivity index (χ1) is 8.97. The third-order valence-corrected chi connectivity index (χ3v) is 3.41. The molecule has 0 saturated heterocycles. The van der Waals surface area contributed by atoms with E-state index in [1.807, 2.05) is 14.0 Å². The number of rotatable bonds is 2. The van der Waals surface area contributed by atoms with Crippen molar-refractivity contribution in [2.24, 2.45) is 7.05 Å². The lowest BCUT2D eigenvalue weighted by molar-refractivity contribution is 0.740. The zero-order chi connectivity index (χ0) is 14.0. The van der Waals surface area contributed by atoms with Crippen molar-refractivity contribution in [1.82, 2.24) is 9.78 Å². The predicted octanol–water partition coefficient (Wildman–Crippen LogP) is 3.84. The average molecular weight is 315 g/mol. The van der Waals surface area contributed by atoms with Crippen molar-refractivity contribution >= 4 is 51.9 Å². The monoisotopic (exact) mass is 314 g/mol. The second-order valence-electron chi connectivity index (χ2n) is 3.97. The summed E-state index contributed by atoms with van der Waals surface area (Å²) in [5.74, 6) is 0. The smallest absolute Gasteiger partial charge is 0.175 e. The highest BCUT2D eigenvalue weighted by Gasteiger charge is 2.07. The molecule has 0 radical (unpaired) electrons. The molecule has 0 spiro atoms. The Hall–Kier alpha value is -1.30. The van der Waals surface area contributed by atoms with Gasteiger partial charge in [0.2, 0.25) is 0 Å². The van der Waals surface area contributed by atoms with Crippen molar-refractivity contribution in [3.63, 3.8) is 0 Å². The fraction of sp³-hybridized carbons (Fsp3) is 0.167. The summed E-state index contributed by atoms with van der Waals surface area (Å²) in [5.41, 5.74) is 2.54. The molecule has 0 atom stereocenters. The molecular formula is C12H12Cl2N4S. The van der Waals surface area contributed by atoms with Gasteiger partial charge in [0.1, 0.15) is 0 Å². The maximum Gasteiger partial charge on any atom is 0.175 e. The van der Waals surface area contributed by atoms with Crippen molar-refractivity contribution in [3.8, 4) is 0 Å². The van der Waals surface area contributed by atoms with E-state index >= 15 is 0 Å². The van der Waals surface area contributed by atoms with Crippen LogP contribution in [0.4, 0.5) is 11.4 Å². The van der Waals surface area contributed by atoms with E-state index in [2.05, 4.69) is 15.7 Å². The first kappa shape index (κ1) is 14.1. The van der Waals surface area contributed by atoms with Gasteiger partial charge in [0.25, 0.3) is 0 Å². The van der Waals surface area contributed by atoms with Gasteiger partial charge in [-0.2, -0.15) is 5.10 Å². The molecule has 1 aromatic heterocycles. The van der Waals surface area contributed by atoms with Crippen LogP contribution in [0.5, 0.6) is 0 Å². The van der Waals surface area contributed by atoms with Gasteiger partial charge >= 0.3 is 0 Å². The normalized spacial score (nSPS) is 10.3. The average Bonchev–Trinajstić information content (AvgIpc) is 2.65. The Balaban J connectivity index is 2.07. The van der Waals surface area contributed by atoms with Crippen LogP contribution in [0.3, 0.4) is 0 Å². The number of halogens is 2. The highest BCUT2D eigenvalue weighted by atomic mass is 35.5. The fourth-order valence-electron chi connectivity index (χ4n) is 1.49. The van der Waals surface area contributed by atoms with Gasteiger partial charge < -0.3 is 10.6 Å². The van der Waals surface area contributed by atoms with Crippen molar-refractivity contribution in [2.45, 2.75) is 6.92 Å². The van der Waals surface area contributed by atoms with E-state index in [1.54, 1.807) is 29.1 Å². The Labute approximate surface area is 126 Å². The van der Waals surface area contributed by atoms with E-state index in [1.165, 1.54) is 0 Å². The molecule has 4 nitrogen and oxygen atoms in total. The van der Waals surface area contributed by atoms with Crippen LogP contribution in [-0.4, -0.2) is 14.9 Å². The molecule has 0 aliphatic carbocycles. The third-order valence-electron chi connectivity index (χ3n) is 2.66.